The maximum atomic E-state index is 12.3. The number of anilines is 1. The lowest BCUT2D eigenvalue weighted by atomic mass is 10.2. The molecule has 1 amide bonds. The predicted molar refractivity (Wildman–Crippen MR) is 75.1 cm³/mol. The van der Waals surface area contributed by atoms with Crippen LogP contribution in [0.5, 0.6) is 5.75 Å². The first kappa shape index (κ1) is 17.2. The normalized spacial score (nSPS) is 11.8. The number of amides is 1. The molecule has 0 bridgehead atoms. The molecule has 2 rings (SSSR count). The quantitative estimate of drug-likeness (QED) is 0.744. The Morgan fingerprint density at radius 1 is 1.33 bits per heavy atom. The number of nitrogens with zero attached hydrogens (tertiary/aromatic N) is 4. The van der Waals surface area contributed by atoms with Crippen molar-refractivity contribution >= 4 is 17.6 Å². The number of hydrogen-bond acceptors (Lipinski definition) is 7. The number of benzene rings is 1. The van der Waals surface area contributed by atoms with Crippen molar-refractivity contribution in [3.63, 3.8) is 0 Å². The second kappa shape index (κ2) is 7.94. The van der Waals surface area contributed by atoms with Gasteiger partial charge in [-0.3, -0.25) is 9.59 Å². The Kier molecular flexibility index (Phi) is 5.71. The number of rotatable bonds is 7. The number of aromatic nitrogens is 4. The molecule has 0 saturated carbocycles. The predicted octanol–water partition coefficient (Wildman–Crippen LogP) is 0.845. The minimum atomic E-state index is -3.03. The van der Waals surface area contributed by atoms with Gasteiger partial charge in [0.15, 0.2) is 6.10 Å². The summed E-state index contributed by atoms with van der Waals surface area (Å²) in [4.78, 5) is 23.7. The van der Waals surface area contributed by atoms with E-state index in [4.69, 9.17) is 4.74 Å². The number of hydrogen-bond donors (Lipinski definition) is 1. The van der Waals surface area contributed by atoms with Crippen LogP contribution in [0.15, 0.2) is 30.6 Å². The van der Waals surface area contributed by atoms with Gasteiger partial charge in [0, 0.05) is 0 Å². The number of carbonyl (C=O) groups excluding carboxylic acids is 2. The van der Waals surface area contributed by atoms with Crippen LogP contribution in [0.2, 0.25) is 0 Å². The lowest BCUT2D eigenvalue weighted by molar-refractivity contribution is -0.153. The highest BCUT2D eigenvalue weighted by Gasteiger charge is 2.20. The molecule has 1 N–H and O–H groups in total. The summed E-state index contributed by atoms with van der Waals surface area (Å²) in [6, 6.07) is 5.66. The highest BCUT2D eigenvalue weighted by Crippen LogP contribution is 2.25. The minimum Gasteiger partial charge on any atom is -0.451 e. The smallest absolute Gasteiger partial charge is 0.387 e. The Labute approximate surface area is 134 Å². The topological polar surface area (TPSA) is 108 Å². The molecule has 0 aliphatic rings. The van der Waals surface area contributed by atoms with E-state index in [1.54, 1.807) is 0 Å². The van der Waals surface area contributed by atoms with Crippen molar-refractivity contribution in [2.24, 2.45) is 0 Å². The monoisotopic (exact) mass is 341 g/mol. The third-order valence-corrected chi connectivity index (χ3v) is 2.72. The Morgan fingerprint density at radius 2 is 2.08 bits per heavy atom. The van der Waals surface area contributed by atoms with Gasteiger partial charge in [-0.05, 0) is 29.5 Å². The summed E-state index contributed by atoms with van der Waals surface area (Å²) < 4.78 is 35.0. The van der Waals surface area contributed by atoms with Crippen LogP contribution in [0.25, 0.3) is 0 Å². The highest BCUT2D eigenvalue weighted by molar-refractivity contribution is 5.96. The molecule has 1 atom stereocenters. The van der Waals surface area contributed by atoms with Crippen LogP contribution >= 0.6 is 0 Å². The van der Waals surface area contributed by atoms with E-state index in [0.29, 0.717) is 0 Å². The van der Waals surface area contributed by atoms with Gasteiger partial charge in [0.25, 0.3) is 5.91 Å². The fourth-order valence-electron chi connectivity index (χ4n) is 1.68. The van der Waals surface area contributed by atoms with Crippen LogP contribution in [-0.2, 0) is 20.9 Å². The van der Waals surface area contributed by atoms with E-state index in [1.807, 2.05) is 0 Å². The van der Waals surface area contributed by atoms with Gasteiger partial charge in [-0.2, -0.15) is 8.78 Å². The number of nitrogens with one attached hydrogen (secondary N) is 1. The second-order valence-corrected chi connectivity index (χ2v) is 4.50. The molecule has 2 aromatic rings. The number of esters is 1. The van der Waals surface area contributed by atoms with Crippen LogP contribution in [0, 0.1) is 0 Å². The second-order valence-electron chi connectivity index (χ2n) is 4.50. The summed E-state index contributed by atoms with van der Waals surface area (Å²) >= 11 is 0. The number of alkyl halides is 2. The third-order valence-electron chi connectivity index (χ3n) is 2.72. The first-order valence-electron chi connectivity index (χ1n) is 6.70. The largest absolute Gasteiger partial charge is 0.451 e. The van der Waals surface area contributed by atoms with E-state index in [9.17, 15) is 18.4 Å². The zero-order valence-corrected chi connectivity index (χ0v) is 12.4. The Hall–Kier alpha value is -3.11. The van der Waals surface area contributed by atoms with Crippen LogP contribution in [0.1, 0.15) is 6.92 Å². The first-order valence-corrected chi connectivity index (χ1v) is 6.70. The number of para-hydroxylation sites is 2. The fraction of sp³-hybridized carbons (Fsp3) is 0.308. The summed E-state index contributed by atoms with van der Waals surface area (Å²) in [5.74, 6) is -1.64. The molecule has 1 aromatic carbocycles. The fourth-order valence-corrected chi connectivity index (χ4v) is 1.68. The van der Waals surface area contributed by atoms with Gasteiger partial charge >= 0.3 is 12.6 Å². The Morgan fingerprint density at radius 3 is 2.75 bits per heavy atom. The van der Waals surface area contributed by atoms with E-state index >= 15 is 0 Å². The molecular formula is C13H13F2N5O4. The van der Waals surface area contributed by atoms with E-state index in [-0.39, 0.29) is 18.0 Å². The van der Waals surface area contributed by atoms with Gasteiger partial charge in [0.2, 0.25) is 0 Å². The molecule has 1 aromatic heterocycles. The molecule has 128 valence electrons. The number of carbonyl (C=O) groups is 2. The Balaban J connectivity index is 1.93. The highest BCUT2D eigenvalue weighted by atomic mass is 19.3. The molecule has 24 heavy (non-hydrogen) atoms. The molecule has 0 unspecified atom stereocenters. The lowest BCUT2D eigenvalue weighted by Gasteiger charge is -2.15. The van der Waals surface area contributed by atoms with Gasteiger partial charge in [-0.1, -0.05) is 12.1 Å². The average Bonchev–Trinajstić information content (AvgIpc) is 3.01. The van der Waals surface area contributed by atoms with Crippen molar-refractivity contribution in [3.05, 3.63) is 30.6 Å². The maximum absolute atomic E-state index is 12.3. The van der Waals surface area contributed by atoms with Crippen molar-refractivity contribution in [2.75, 3.05) is 5.32 Å². The van der Waals surface area contributed by atoms with Crippen LogP contribution in [0.4, 0.5) is 14.5 Å². The Bertz CT molecular complexity index is 695. The molecule has 0 spiro atoms. The molecule has 0 fully saturated rings. The zero-order valence-electron chi connectivity index (χ0n) is 12.4. The summed E-state index contributed by atoms with van der Waals surface area (Å²) in [5.41, 5.74) is 0.0335. The van der Waals surface area contributed by atoms with Crippen molar-refractivity contribution in [2.45, 2.75) is 26.2 Å². The summed E-state index contributed by atoms with van der Waals surface area (Å²) in [5, 5.41) is 12.5. The van der Waals surface area contributed by atoms with Crippen LogP contribution in [-0.4, -0.2) is 44.8 Å². The van der Waals surface area contributed by atoms with Gasteiger partial charge < -0.3 is 14.8 Å². The third kappa shape index (κ3) is 4.97. The summed E-state index contributed by atoms with van der Waals surface area (Å²) in [7, 11) is 0. The van der Waals surface area contributed by atoms with Gasteiger partial charge in [0.1, 0.15) is 18.6 Å². The van der Waals surface area contributed by atoms with Crippen molar-refractivity contribution in [3.8, 4) is 5.75 Å². The summed E-state index contributed by atoms with van der Waals surface area (Å²) in [6.45, 7) is -1.96. The lowest BCUT2D eigenvalue weighted by Crippen LogP contribution is -2.31. The van der Waals surface area contributed by atoms with Crippen LogP contribution < -0.4 is 10.1 Å². The molecule has 0 radical (unpaired) electrons. The number of halogens is 2. The van der Waals surface area contributed by atoms with Crippen molar-refractivity contribution < 1.29 is 27.8 Å². The van der Waals surface area contributed by atoms with E-state index in [0.717, 1.165) is 4.68 Å². The first-order chi connectivity index (χ1) is 11.5. The van der Waals surface area contributed by atoms with E-state index < -0.39 is 24.6 Å². The molecular weight excluding hydrogens is 328 g/mol. The van der Waals surface area contributed by atoms with E-state index in [1.165, 1.54) is 37.5 Å². The molecule has 0 aliphatic carbocycles. The van der Waals surface area contributed by atoms with Crippen LogP contribution in [0.3, 0.4) is 0 Å². The maximum Gasteiger partial charge on any atom is 0.387 e. The standard InChI is InChI=1S/C13H13F2N5O4/c1-8(23-11(21)6-20-7-16-18-19-20)12(22)17-9-4-2-3-5-10(9)24-13(14)15/h2-5,7-8,13H,6H2,1H3,(H,17,22)/t8-/m0/s1. The minimum absolute atomic E-state index is 0.0335. The molecule has 11 heteroatoms. The van der Waals surface area contributed by atoms with Gasteiger partial charge in [-0.25, -0.2) is 4.68 Å². The molecule has 0 aliphatic heterocycles. The van der Waals surface area contributed by atoms with Gasteiger partial charge in [0.05, 0.1) is 5.69 Å². The zero-order chi connectivity index (χ0) is 17.5. The number of tetrazole rings is 1. The molecule has 0 saturated heterocycles. The number of ether oxygens (including phenoxy) is 2. The molecule has 1 heterocycles. The van der Waals surface area contributed by atoms with E-state index in [2.05, 4.69) is 25.6 Å². The average molecular weight is 341 g/mol. The van der Waals surface area contributed by atoms with Gasteiger partial charge in [-0.15, -0.1) is 5.10 Å². The SMILES string of the molecule is C[C@H](OC(=O)Cn1cnnn1)C(=O)Nc1ccccc1OC(F)F. The summed E-state index contributed by atoms with van der Waals surface area (Å²) in [6.07, 6.45) is 0.0535. The van der Waals surface area contributed by atoms with Crippen molar-refractivity contribution in [1.82, 2.24) is 20.2 Å². The van der Waals surface area contributed by atoms with Crippen molar-refractivity contribution in [1.29, 1.82) is 0 Å². The molecule has 9 nitrogen and oxygen atoms in total.